The monoisotopic (exact) mass is 386 g/mol. The summed E-state index contributed by atoms with van der Waals surface area (Å²) in [5.74, 6) is 0. The fourth-order valence-corrected chi connectivity index (χ4v) is 3.61. The summed E-state index contributed by atoms with van der Waals surface area (Å²) in [7, 11) is 0. The number of thiophene rings is 1. The lowest BCUT2D eigenvalue weighted by atomic mass is 10.1. The SMILES string of the molecule is CC(C)(C)OC(=O)N1CC=C(CNCc2sccc2Br)CC1. The van der Waals surface area contributed by atoms with Crippen LogP contribution in [0, 0.1) is 0 Å². The van der Waals surface area contributed by atoms with E-state index < -0.39 is 5.60 Å². The van der Waals surface area contributed by atoms with Crippen molar-refractivity contribution in [1.29, 1.82) is 0 Å². The molecule has 0 bridgehead atoms. The minimum Gasteiger partial charge on any atom is -0.444 e. The summed E-state index contributed by atoms with van der Waals surface area (Å²) in [4.78, 5) is 15.0. The number of rotatable bonds is 4. The third kappa shape index (κ3) is 5.41. The summed E-state index contributed by atoms with van der Waals surface area (Å²) in [5.41, 5.74) is 0.920. The third-order valence-corrected chi connectivity index (χ3v) is 5.21. The molecule has 1 amide bonds. The zero-order chi connectivity index (χ0) is 16.2. The molecule has 122 valence electrons. The maximum absolute atomic E-state index is 12.0. The van der Waals surface area contributed by atoms with Crippen molar-refractivity contribution < 1.29 is 9.53 Å². The van der Waals surface area contributed by atoms with Crippen LogP contribution < -0.4 is 5.32 Å². The van der Waals surface area contributed by atoms with Gasteiger partial charge < -0.3 is 15.0 Å². The molecule has 0 unspecified atom stereocenters. The Kier molecular flexibility index (Phi) is 6.06. The van der Waals surface area contributed by atoms with Crippen LogP contribution in [-0.2, 0) is 11.3 Å². The second kappa shape index (κ2) is 7.62. The van der Waals surface area contributed by atoms with Gasteiger partial charge in [-0.05, 0) is 54.6 Å². The molecule has 2 heterocycles. The highest BCUT2D eigenvalue weighted by Gasteiger charge is 2.23. The highest BCUT2D eigenvalue weighted by atomic mass is 79.9. The average molecular weight is 387 g/mol. The molecular weight excluding hydrogens is 364 g/mol. The second-order valence-corrected chi connectivity index (χ2v) is 8.19. The van der Waals surface area contributed by atoms with Crippen LogP contribution in [0.2, 0.25) is 0 Å². The van der Waals surface area contributed by atoms with Crippen LogP contribution in [-0.4, -0.2) is 36.2 Å². The van der Waals surface area contributed by atoms with Gasteiger partial charge in [-0.1, -0.05) is 11.6 Å². The number of hydrogen-bond donors (Lipinski definition) is 1. The lowest BCUT2D eigenvalue weighted by molar-refractivity contribution is 0.0265. The Labute approximate surface area is 144 Å². The van der Waals surface area contributed by atoms with Gasteiger partial charge in [-0.15, -0.1) is 11.3 Å². The van der Waals surface area contributed by atoms with Crippen LogP contribution in [0.3, 0.4) is 0 Å². The summed E-state index contributed by atoms with van der Waals surface area (Å²) in [6, 6.07) is 2.07. The first-order chi connectivity index (χ1) is 10.3. The van der Waals surface area contributed by atoms with Gasteiger partial charge in [-0.2, -0.15) is 0 Å². The van der Waals surface area contributed by atoms with Gasteiger partial charge in [-0.3, -0.25) is 0 Å². The fraction of sp³-hybridized carbons (Fsp3) is 0.562. The first-order valence-corrected chi connectivity index (χ1v) is 9.11. The van der Waals surface area contributed by atoms with E-state index in [1.807, 2.05) is 20.8 Å². The van der Waals surface area contributed by atoms with Gasteiger partial charge in [0.25, 0.3) is 0 Å². The van der Waals surface area contributed by atoms with E-state index in [9.17, 15) is 4.79 Å². The van der Waals surface area contributed by atoms with Crippen LogP contribution >= 0.6 is 27.3 Å². The van der Waals surface area contributed by atoms with Crippen LogP contribution in [0.25, 0.3) is 0 Å². The number of carbonyl (C=O) groups is 1. The smallest absolute Gasteiger partial charge is 0.410 e. The zero-order valence-electron chi connectivity index (χ0n) is 13.3. The number of nitrogens with zero attached hydrogens (tertiary/aromatic N) is 1. The summed E-state index contributed by atoms with van der Waals surface area (Å²) >= 11 is 5.29. The molecule has 6 heteroatoms. The van der Waals surface area contributed by atoms with Gasteiger partial charge in [0, 0.05) is 35.5 Å². The van der Waals surface area contributed by atoms with Crippen molar-refractivity contribution in [2.75, 3.05) is 19.6 Å². The standard InChI is InChI=1S/C16H23BrN2O2S/c1-16(2,3)21-15(20)19-7-4-12(5-8-19)10-18-11-14-13(17)6-9-22-14/h4,6,9,18H,5,7-8,10-11H2,1-3H3. The Morgan fingerprint density at radius 1 is 1.45 bits per heavy atom. The number of carbonyl (C=O) groups excluding carboxylic acids is 1. The molecule has 0 aromatic carbocycles. The molecule has 1 N–H and O–H groups in total. The van der Waals surface area contributed by atoms with Crippen molar-refractivity contribution in [3.05, 3.63) is 32.4 Å². The first kappa shape index (κ1) is 17.5. The molecule has 0 spiro atoms. The maximum Gasteiger partial charge on any atom is 0.410 e. The number of nitrogens with one attached hydrogen (secondary N) is 1. The van der Waals surface area contributed by atoms with Crippen molar-refractivity contribution in [3.8, 4) is 0 Å². The number of halogens is 1. The Hall–Kier alpha value is -0.850. The zero-order valence-corrected chi connectivity index (χ0v) is 15.7. The lowest BCUT2D eigenvalue weighted by Gasteiger charge is -2.29. The molecule has 0 atom stereocenters. The second-order valence-electron chi connectivity index (χ2n) is 6.33. The highest BCUT2D eigenvalue weighted by Crippen LogP contribution is 2.22. The molecule has 2 rings (SSSR count). The third-order valence-electron chi connectivity index (χ3n) is 3.28. The Bertz CT molecular complexity index is 549. The molecular formula is C16H23BrN2O2S. The number of ether oxygens (including phenoxy) is 1. The van der Waals surface area contributed by atoms with Crippen LogP contribution in [0.15, 0.2) is 27.6 Å². The van der Waals surface area contributed by atoms with E-state index in [0.717, 1.165) is 26.1 Å². The normalized spacial score (nSPS) is 15.6. The van der Waals surface area contributed by atoms with Crippen molar-refractivity contribution in [1.82, 2.24) is 10.2 Å². The molecule has 0 saturated carbocycles. The lowest BCUT2D eigenvalue weighted by Crippen LogP contribution is -2.39. The maximum atomic E-state index is 12.0. The molecule has 4 nitrogen and oxygen atoms in total. The largest absolute Gasteiger partial charge is 0.444 e. The van der Waals surface area contributed by atoms with Crippen molar-refractivity contribution in [3.63, 3.8) is 0 Å². The molecule has 0 aliphatic carbocycles. The van der Waals surface area contributed by atoms with Crippen LogP contribution in [0.1, 0.15) is 32.1 Å². The van der Waals surface area contributed by atoms with E-state index in [1.54, 1.807) is 16.2 Å². The molecule has 0 fully saturated rings. The van der Waals surface area contributed by atoms with Gasteiger partial charge in [-0.25, -0.2) is 4.79 Å². The topological polar surface area (TPSA) is 41.6 Å². The van der Waals surface area contributed by atoms with E-state index in [1.165, 1.54) is 14.9 Å². The van der Waals surface area contributed by atoms with Crippen molar-refractivity contribution >= 4 is 33.4 Å². The van der Waals surface area contributed by atoms with E-state index in [-0.39, 0.29) is 6.09 Å². The summed E-state index contributed by atoms with van der Waals surface area (Å²) in [6.45, 7) is 8.77. The minimum atomic E-state index is -0.434. The fourth-order valence-electron chi connectivity index (χ4n) is 2.15. The molecule has 22 heavy (non-hydrogen) atoms. The first-order valence-electron chi connectivity index (χ1n) is 7.43. The average Bonchev–Trinajstić information content (AvgIpc) is 2.83. The van der Waals surface area contributed by atoms with Gasteiger partial charge in [0.05, 0.1) is 0 Å². The van der Waals surface area contributed by atoms with E-state index in [0.29, 0.717) is 6.54 Å². The number of hydrogen-bond acceptors (Lipinski definition) is 4. The van der Waals surface area contributed by atoms with Crippen molar-refractivity contribution in [2.45, 2.75) is 39.3 Å². The van der Waals surface area contributed by atoms with Gasteiger partial charge in [0.15, 0.2) is 0 Å². The van der Waals surface area contributed by atoms with E-state index in [4.69, 9.17) is 4.74 Å². The number of amides is 1. The van der Waals surface area contributed by atoms with Gasteiger partial charge >= 0.3 is 6.09 Å². The predicted molar refractivity (Wildman–Crippen MR) is 94.2 cm³/mol. The van der Waals surface area contributed by atoms with E-state index >= 15 is 0 Å². The summed E-state index contributed by atoms with van der Waals surface area (Å²) < 4.78 is 6.56. The van der Waals surface area contributed by atoms with E-state index in [2.05, 4.69) is 38.8 Å². The summed E-state index contributed by atoms with van der Waals surface area (Å²) in [6.07, 6.45) is 2.81. The Morgan fingerprint density at radius 3 is 2.77 bits per heavy atom. The predicted octanol–water partition coefficient (Wildman–Crippen LogP) is 4.17. The van der Waals surface area contributed by atoms with Crippen molar-refractivity contribution in [2.24, 2.45) is 0 Å². The Balaban J connectivity index is 1.75. The molecule has 1 aliphatic rings. The van der Waals surface area contributed by atoms with Crippen LogP contribution in [0.5, 0.6) is 0 Å². The molecule has 0 saturated heterocycles. The Morgan fingerprint density at radius 2 is 2.23 bits per heavy atom. The molecule has 0 radical (unpaired) electrons. The molecule has 1 aromatic rings. The van der Waals surface area contributed by atoms with Crippen LogP contribution in [0.4, 0.5) is 4.79 Å². The summed E-state index contributed by atoms with van der Waals surface area (Å²) in [5, 5.41) is 5.54. The minimum absolute atomic E-state index is 0.224. The quantitative estimate of drug-likeness (QED) is 0.789. The van der Waals surface area contributed by atoms with Gasteiger partial charge in [0.1, 0.15) is 5.60 Å². The molecule has 1 aliphatic heterocycles. The van der Waals surface area contributed by atoms with Gasteiger partial charge in [0.2, 0.25) is 0 Å². The highest BCUT2D eigenvalue weighted by molar-refractivity contribution is 9.10. The molecule has 1 aromatic heterocycles.